The molecule has 9 heteroatoms. The molecule has 170 valence electrons. The molecule has 4 rings (SSSR count). The van der Waals surface area contributed by atoms with E-state index in [-0.39, 0.29) is 12.1 Å². The second kappa shape index (κ2) is 9.02. The molecule has 1 aliphatic rings. The molecule has 2 N–H and O–H groups in total. The van der Waals surface area contributed by atoms with Crippen LogP contribution in [0.2, 0.25) is 0 Å². The second-order valence-electron chi connectivity index (χ2n) is 8.74. The minimum absolute atomic E-state index is 0.0886. The molecule has 1 atom stereocenters. The number of amides is 1. The minimum Gasteiger partial charge on any atom is -0.475 e. The van der Waals surface area contributed by atoms with Crippen LogP contribution in [0.1, 0.15) is 46.5 Å². The maximum atomic E-state index is 12.8. The second-order valence-corrected chi connectivity index (χ2v) is 8.74. The van der Waals surface area contributed by atoms with Crippen LogP contribution < -0.4 is 10.4 Å². The van der Waals surface area contributed by atoms with Gasteiger partial charge in [-0.2, -0.15) is 5.10 Å². The van der Waals surface area contributed by atoms with E-state index in [1.807, 2.05) is 44.2 Å². The van der Waals surface area contributed by atoms with Crippen LogP contribution in [0, 0.1) is 0 Å². The molecule has 0 saturated carbocycles. The van der Waals surface area contributed by atoms with Crippen molar-refractivity contribution in [1.29, 1.82) is 0 Å². The number of nitrogens with zero attached hydrogens (tertiary/aromatic N) is 3. The quantitative estimate of drug-likeness (QED) is 0.578. The van der Waals surface area contributed by atoms with Crippen LogP contribution in [0.25, 0.3) is 22.3 Å². The van der Waals surface area contributed by atoms with E-state index in [1.54, 1.807) is 4.90 Å². The summed E-state index contributed by atoms with van der Waals surface area (Å²) in [5.74, 6) is 0.781. The van der Waals surface area contributed by atoms with Crippen LogP contribution in [0.15, 0.2) is 35.1 Å². The molecule has 3 aromatic rings. The minimum atomic E-state index is -0.494. The summed E-state index contributed by atoms with van der Waals surface area (Å²) >= 11 is 0. The van der Waals surface area contributed by atoms with Crippen LogP contribution in [0.4, 0.5) is 4.79 Å². The highest BCUT2D eigenvalue weighted by atomic mass is 16.6. The number of aromatic nitrogens is 4. The molecule has 1 saturated heterocycles. The van der Waals surface area contributed by atoms with Gasteiger partial charge < -0.3 is 14.4 Å². The number of fused-ring (bicyclic) bond motifs is 1. The molecule has 1 fully saturated rings. The van der Waals surface area contributed by atoms with Crippen LogP contribution in [0.5, 0.6) is 5.88 Å². The van der Waals surface area contributed by atoms with E-state index in [2.05, 4.69) is 27.1 Å². The van der Waals surface area contributed by atoms with Gasteiger partial charge in [-0.05, 0) is 50.6 Å². The van der Waals surface area contributed by atoms with E-state index in [1.165, 1.54) is 0 Å². The van der Waals surface area contributed by atoms with Crippen molar-refractivity contribution < 1.29 is 14.3 Å². The van der Waals surface area contributed by atoms with Crippen LogP contribution in [0.3, 0.4) is 0 Å². The number of pyridine rings is 1. The van der Waals surface area contributed by atoms with Crippen molar-refractivity contribution in [3.8, 4) is 17.4 Å². The Balaban J connectivity index is 1.53. The normalized spacial score (nSPS) is 16.5. The highest BCUT2D eigenvalue weighted by molar-refractivity contribution is 5.89. The zero-order chi connectivity index (χ0) is 22.7. The summed E-state index contributed by atoms with van der Waals surface area (Å²) in [5.41, 5.74) is -0.392. The number of benzene rings is 1. The summed E-state index contributed by atoms with van der Waals surface area (Å²) in [4.78, 5) is 33.2. The molecule has 1 aromatic carbocycles. The monoisotopic (exact) mass is 439 g/mol. The Morgan fingerprint density at radius 1 is 1.31 bits per heavy atom. The molecule has 9 nitrogen and oxygen atoms in total. The fraction of sp³-hybridized carbons (Fsp3) is 0.478. The zero-order valence-electron chi connectivity index (χ0n) is 18.7. The molecule has 0 bridgehead atoms. The van der Waals surface area contributed by atoms with Gasteiger partial charge in [0.2, 0.25) is 5.88 Å². The van der Waals surface area contributed by atoms with E-state index in [0.717, 1.165) is 36.5 Å². The van der Waals surface area contributed by atoms with E-state index < -0.39 is 11.3 Å². The third-order valence-corrected chi connectivity index (χ3v) is 5.69. The van der Waals surface area contributed by atoms with Crippen molar-refractivity contribution in [3.63, 3.8) is 0 Å². The van der Waals surface area contributed by atoms with Crippen molar-refractivity contribution in [3.05, 3.63) is 40.8 Å². The largest absolute Gasteiger partial charge is 0.475 e. The van der Waals surface area contributed by atoms with Crippen molar-refractivity contribution in [2.45, 2.75) is 58.1 Å². The Labute approximate surface area is 186 Å². The molecule has 1 amide bonds. The van der Waals surface area contributed by atoms with Gasteiger partial charge in [0.15, 0.2) is 5.82 Å². The summed E-state index contributed by atoms with van der Waals surface area (Å²) in [5, 5.41) is 8.10. The van der Waals surface area contributed by atoms with Gasteiger partial charge in [0.1, 0.15) is 17.9 Å². The average Bonchev–Trinajstić information content (AvgIpc) is 3.40. The third kappa shape index (κ3) is 4.76. The number of carbonyl (C=O) groups excluding carboxylic acids is 1. The lowest BCUT2D eigenvalue weighted by Gasteiger charge is -2.30. The molecule has 0 spiro atoms. The number of rotatable bonds is 7. The molecule has 0 radical (unpaired) electrons. The van der Waals surface area contributed by atoms with Gasteiger partial charge in [-0.15, -0.1) is 0 Å². The Hall–Kier alpha value is -3.36. The fourth-order valence-corrected chi connectivity index (χ4v) is 4.16. The third-order valence-electron chi connectivity index (χ3n) is 5.69. The van der Waals surface area contributed by atoms with E-state index in [0.29, 0.717) is 30.5 Å². The van der Waals surface area contributed by atoms with E-state index in [4.69, 9.17) is 9.47 Å². The predicted octanol–water partition coefficient (Wildman–Crippen LogP) is 3.87. The number of aromatic amines is 2. The van der Waals surface area contributed by atoms with Crippen LogP contribution >= 0.6 is 0 Å². The lowest BCUT2D eigenvalue weighted by atomic mass is 10.0. The predicted molar refractivity (Wildman–Crippen MR) is 121 cm³/mol. The van der Waals surface area contributed by atoms with Gasteiger partial charge in [-0.25, -0.2) is 19.7 Å². The molecule has 0 unspecified atom stereocenters. The summed E-state index contributed by atoms with van der Waals surface area (Å²) in [6.45, 7) is 6.92. The van der Waals surface area contributed by atoms with Gasteiger partial charge >= 0.3 is 11.8 Å². The first-order valence-electron chi connectivity index (χ1n) is 11.0. The first-order valence-corrected chi connectivity index (χ1v) is 11.0. The van der Waals surface area contributed by atoms with E-state index in [9.17, 15) is 9.59 Å². The number of hydrogen-bond acceptors (Lipinski definition) is 6. The molecular weight excluding hydrogens is 410 g/mol. The number of likely N-dealkylation sites (tertiary alicyclic amines) is 1. The first kappa shape index (κ1) is 21.9. The summed E-state index contributed by atoms with van der Waals surface area (Å²) in [6.07, 6.45) is 3.21. The zero-order valence-corrected chi connectivity index (χ0v) is 18.7. The Morgan fingerprint density at radius 2 is 2.12 bits per heavy atom. The van der Waals surface area contributed by atoms with E-state index >= 15 is 0 Å². The first-order chi connectivity index (χ1) is 15.4. The Kier molecular flexibility index (Phi) is 6.16. The highest BCUT2D eigenvalue weighted by Crippen LogP contribution is 2.29. The van der Waals surface area contributed by atoms with Gasteiger partial charge in [0.25, 0.3) is 0 Å². The standard InChI is InChI=1S/C23H29N5O4/c1-4-11-23(2,3)32-22(30)28-12-7-9-16(28)14-31-20-17-10-6-5-8-15(17)13-18(24-20)19-25-21(29)27-26-19/h5-6,8,10,13,16H,4,7,9,11-12,14H2,1-3H3,(H2,25,26,27,29)/t16-/m1/s1. The van der Waals surface area contributed by atoms with Crippen molar-refractivity contribution in [1.82, 2.24) is 25.1 Å². The van der Waals surface area contributed by atoms with Crippen molar-refractivity contribution in [2.24, 2.45) is 0 Å². The molecule has 3 heterocycles. The number of carbonyl (C=O) groups is 1. The van der Waals surface area contributed by atoms with Gasteiger partial charge in [-0.1, -0.05) is 31.5 Å². The highest BCUT2D eigenvalue weighted by Gasteiger charge is 2.34. The Morgan fingerprint density at radius 3 is 2.88 bits per heavy atom. The topological polar surface area (TPSA) is 113 Å². The van der Waals surface area contributed by atoms with Crippen molar-refractivity contribution in [2.75, 3.05) is 13.2 Å². The maximum absolute atomic E-state index is 12.8. The van der Waals surface area contributed by atoms with Gasteiger partial charge in [-0.3, -0.25) is 4.98 Å². The van der Waals surface area contributed by atoms with Crippen molar-refractivity contribution >= 4 is 16.9 Å². The molecule has 2 aromatic heterocycles. The average molecular weight is 440 g/mol. The number of ether oxygens (including phenoxy) is 2. The smallest absolute Gasteiger partial charge is 0.410 e. The van der Waals surface area contributed by atoms with Gasteiger partial charge in [0.05, 0.1) is 6.04 Å². The molecule has 0 aliphatic carbocycles. The lowest BCUT2D eigenvalue weighted by molar-refractivity contribution is 0.00297. The van der Waals surface area contributed by atoms with Crippen LogP contribution in [-0.2, 0) is 4.74 Å². The lowest BCUT2D eigenvalue weighted by Crippen LogP contribution is -2.43. The molecule has 1 aliphatic heterocycles. The SMILES string of the molecule is CCCC(C)(C)OC(=O)N1CCC[C@@H]1COc1nc(-c2n[nH]c(=O)[nH]2)cc2ccccc12. The molecular formula is C23H29N5O4. The maximum Gasteiger partial charge on any atom is 0.410 e. The molecule has 32 heavy (non-hydrogen) atoms. The summed E-state index contributed by atoms with van der Waals surface area (Å²) in [7, 11) is 0. The van der Waals surface area contributed by atoms with Crippen LogP contribution in [-0.4, -0.2) is 56.0 Å². The summed E-state index contributed by atoms with van der Waals surface area (Å²) in [6, 6.07) is 9.49. The number of nitrogens with one attached hydrogen (secondary N) is 2. The Bertz CT molecular complexity index is 1150. The van der Waals surface area contributed by atoms with Gasteiger partial charge in [0, 0.05) is 11.9 Å². The number of H-pyrrole nitrogens is 2. The fourth-order valence-electron chi connectivity index (χ4n) is 4.16. The summed E-state index contributed by atoms with van der Waals surface area (Å²) < 4.78 is 11.9. The number of hydrogen-bond donors (Lipinski definition) is 2.